The second kappa shape index (κ2) is 7.64. The summed E-state index contributed by atoms with van der Waals surface area (Å²) < 4.78 is 43.7. The maximum absolute atomic E-state index is 14.3. The van der Waals surface area contributed by atoms with E-state index in [-0.39, 0.29) is 16.4 Å². The van der Waals surface area contributed by atoms with Gasteiger partial charge in [0.05, 0.1) is 11.4 Å². The molecule has 32 heavy (non-hydrogen) atoms. The van der Waals surface area contributed by atoms with E-state index in [4.69, 9.17) is 11.6 Å². The monoisotopic (exact) mass is 484 g/mol. The summed E-state index contributed by atoms with van der Waals surface area (Å²) in [6, 6.07) is 8.95. The lowest BCUT2D eigenvalue weighted by atomic mass is 9.92. The summed E-state index contributed by atoms with van der Waals surface area (Å²) in [5, 5.41) is 5.33. The summed E-state index contributed by atoms with van der Waals surface area (Å²) in [5.41, 5.74) is -7.00. The largest absolute Gasteiger partial charge is 0.425 e. The molecule has 2 aromatic heterocycles. The Bertz CT molecular complexity index is 1350. The van der Waals surface area contributed by atoms with Crippen LogP contribution in [0.15, 0.2) is 51.4 Å². The molecule has 13 heteroatoms. The molecule has 0 saturated heterocycles. The number of benzene rings is 1. The molecule has 3 heterocycles. The number of hydrogen-bond donors (Lipinski definition) is 3. The second-order valence-electron chi connectivity index (χ2n) is 6.79. The van der Waals surface area contributed by atoms with Crippen LogP contribution in [0.1, 0.15) is 20.8 Å². The van der Waals surface area contributed by atoms with Crippen molar-refractivity contribution in [1.82, 2.24) is 14.9 Å². The van der Waals surface area contributed by atoms with Gasteiger partial charge in [0.1, 0.15) is 11.4 Å². The van der Waals surface area contributed by atoms with Crippen LogP contribution in [0, 0.1) is 0 Å². The standard InChI is InChI=1S/C19H12ClF3N4O4S/c20-10-5-2-1-4-9(10)8-27-13-12(15(29)25-17(27)31)18(16(30)24-13,19(21,22)23)26-14(28)11-6-3-7-32-11/h1-7H,8H2,(H,24,30)(H,26,28)(H,25,29,31). The number of H-pyrrole nitrogens is 1. The van der Waals surface area contributed by atoms with Gasteiger partial charge in [-0.3, -0.25) is 23.9 Å². The average molecular weight is 485 g/mol. The van der Waals surface area contributed by atoms with Crippen LogP contribution >= 0.6 is 22.9 Å². The highest BCUT2D eigenvalue weighted by molar-refractivity contribution is 7.12. The van der Waals surface area contributed by atoms with E-state index in [1.165, 1.54) is 29.6 Å². The predicted molar refractivity (Wildman–Crippen MR) is 110 cm³/mol. The Morgan fingerprint density at radius 1 is 1.16 bits per heavy atom. The van der Waals surface area contributed by atoms with E-state index < -0.39 is 46.2 Å². The smallest absolute Gasteiger partial charge is 0.326 e. The highest BCUT2D eigenvalue weighted by Gasteiger charge is 2.68. The highest BCUT2D eigenvalue weighted by Crippen LogP contribution is 2.45. The van der Waals surface area contributed by atoms with Crippen molar-refractivity contribution < 1.29 is 22.8 Å². The van der Waals surface area contributed by atoms with Crippen molar-refractivity contribution in [2.75, 3.05) is 5.32 Å². The Morgan fingerprint density at radius 2 is 1.88 bits per heavy atom. The zero-order valence-corrected chi connectivity index (χ0v) is 17.3. The number of amides is 2. The van der Waals surface area contributed by atoms with Gasteiger partial charge >= 0.3 is 11.9 Å². The quantitative estimate of drug-likeness (QED) is 0.528. The summed E-state index contributed by atoms with van der Waals surface area (Å²) in [7, 11) is 0. The lowest BCUT2D eigenvalue weighted by Gasteiger charge is -2.29. The van der Waals surface area contributed by atoms with Gasteiger partial charge in [0.25, 0.3) is 22.9 Å². The molecule has 3 N–H and O–H groups in total. The van der Waals surface area contributed by atoms with Crippen molar-refractivity contribution in [2.45, 2.75) is 18.3 Å². The second-order valence-corrected chi connectivity index (χ2v) is 8.15. The van der Waals surface area contributed by atoms with Gasteiger partial charge in [0, 0.05) is 5.02 Å². The topological polar surface area (TPSA) is 113 Å². The summed E-state index contributed by atoms with van der Waals surface area (Å²) in [5.74, 6) is -3.59. The van der Waals surface area contributed by atoms with Crippen LogP contribution < -0.4 is 21.9 Å². The van der Waals surface area contributed by atoms with Crippen molar-refractivity contribution in [2.24, 2.45) is 0 Å². The van der Waals surface area contributed by atoms with E-state index in [0.29, 0.717) is 5.56 Å². The summed E-state index contributed by atoms with van der Waals surface area (Å²) in [6.07, 6.45) is -5.41. The normalized spacial score (nSPS) is 17.7. The van der Waals surface area contributed by atoms with Gasteiger partial charge < -0.3 is 10.6 Å². The van der Waals surface area contributed by atoms with E-state index in [9.17, 15) is 32.3 Å². The first kappa shape index (κ1) is 21.8. The molecular formula is C19H12ClF3N4O4S. The number of aromatic amines is 1. The minimum Gasteiger partial charge on any atom is -0.326 e. The summed E-state index contributed by atoms with van der Waals surface area (Å²) in [4.78, 5) is 51.9. The molecule has 166 valence electrons. The van der Waals surface area contributed by atoms with Crippen LogP contribution in [0.5, 0.6) is 0 Å². The van der Waals surface area contributed by atoms with Crippen molar-refractivity contribution in [3.05, 3.63) is 83.6 Å². The van der Waals surface area contributed by atoms with Gasteiger partial charge in [-0.2, -0.15) is 13.2 Å². The van der Waals surface area contributed by atoms with Crippen molar-refractivity contribution in [3.8, 4) is 0 Å². The first-order valence-corrected chi connectivity index (χ1v) is 10.2. The molecule has 0 bridgehead atoms. The molecule has 0 aliphatic carbocycles. The first-order valence-electron chi connectivity index (χ1n) is 8.91. The number of aromatic nitrogens is 2. The minimum absolute atomic E-state index is 0.101. The Morgan fingerprint density at radius 3 is 2.50 bits per heavy atom. The lowest BCUT2D eigenvalue weighted by Crippen LogP contribution is -2.62. The van der Waals surface area contributed by atoms with Gasteiger partial charge in [-0.25, -0.2) is 4.79 Å². The summed E-state index contributed by atoms with van der Waals surface area (Å²) in [6.45, 7) is -0.343. The number of halogens is 4. The third-order valence-electron chi connectivity index (χ3n) is 4.90. The predicted octanol–water partition coefficient (Wildman–Crippen LogP) is 2.44. The van der Waals surface area contributed by atoms with E-state index in [0.717, 1.165) is 15.9 Å². The molecule has 1 aliphatic rings. The number of alkyl halides is 3. The molecule has 2 amide bonds. The maximum Gasteiger partial charge on any atom is 0.425 e. The molecule has 1 aliphatic heterocycles. The van der Waals surface area contributed by atoms with Crippen LogP contribution in [-0.2, 0) is 16.9 Å². The number of anilines is 1. The van der Waals surface area contributed by atoms with Gasteiger partial charge in [0.2, 0.25) is 0 Å². The molecule has 8 nitrogen and oxygen atoms in total. The van der Waals surface area contributed by atoms with Crippen LogP contribution in [0.25, 0.3) is 0 Å². The Kier molecular flexibility index (Phi) is 5.21. The Labute approximate surface area is 185 Å². The van der Waals surface area contributed by atoms with E-state index >= 15 is 0 Å². The fourth-order valence-electron chi connectivity index (χ4n) is 3.41. The minimum atomic E-state index is -5.41. The maximum atomic E-state index is 14.3. The van der Waals surface area contributed by atoms with Crippen LogP contribution in [0.4, 0.5) is 19.0 Å². The fraction of sp³-hybridized carbons (Fsp3) is 0.158. The van der Waals surface area contributed by atoms with Gasteiger partial charge in [-0.05, 0) is 23.1 Å². The number of carbonyl (C=O) groups excluding carboxylic acids is 2. The zero-order chi connectivity index (χ0) is 23.3. The average Bonchev–Trinajstić information content (AvgIpc) is 3.34. The molecule has 0 spiro atoms. The molecule has 0 radical (unpaired) electrons. The first-order chi connectivity index (χ1) is 15.1. The SMILES string of the molecule is O=C(NC1(C(F)(F)F)C(=O)Nc2c1c(=O)[nH]c(=O)n2Cc1ccccc1Cl)c1cccs1. The zero-order valence-electron chi connectivity index (χ0n) is 15.7. The molecule has 1 aromatic carbocycles. The number of nitrogens with one attached hydrogen (secondary N) is 3. The van der Waals surface area contributed by atoms with Crippen molar-refractivity contribution in [3.63, 3.8) is 0 Å². The Hall–Kier alpha value is -3.38. The number of fused-ring (bicyclic) bond motifs is 1. The number of hydrogen-bond acceptors (Lipinski definition) is 5. The highest BCUT2D eigenvalue weighted by atomic mass is 35.5. The van der Waals surface area contributed by atoms with E-state index in [1.807, 2.05) is 5.32 Å². The molecule has 1 unspecified atom stereocenters. The van der Waals surface area contributed by atoms with Gasteiger partial charge in [-0.1, -0.05) is 35.9 Å². The van der Waals surface area contributed by atoms with Crippen molar-refractivity contribution in [1.29, 1.82) is 0 Å². The Balaban J connectivity index is 1.93. The lowest BCUT2D eigenvalue weighted by molar-refractivity contribution is -0.196. The van der Waals surface area contributed by atoms with Crippen LogP contribution in [0.3, 0.4) is 0 Å². The molecule has 0 fully saturated rings. The number of thiophene rings is 1. The number of nitrogens with zero attached hydrogens (tertiary/aromatic N) is 1. The number of carbonyl (C=O) groups is 2. The van der Waals surface area contributed by atoms with Gasteiger partial charge in [-0.15, -0.1) is 11.3 Å². The van der Waals surface area contributed by atoms with Crippen molar-refractivity contribution >= 4 is 40.6 Å². The van der Waals surface area contributed by atoms with Gasteiger partial charge in [0.15, 0.2) is 0 Å². The third kappa shape index (κ3) is 3.31. The van der Waals surface area contributed by atoms with E-state index in [1.54, 1.807) is 22.4 Å². The molecular weight excluding hydrogens is 473 g/mol. The molecule has 1 atom stereocenters. The summed E-state index contributed by atoms with van der Waals surface area (Å²) >= 11 is 6.93. The number of rotatable bonds is 4. The third-order valence-corrected chi connectivity index (χ3v) is 6.14. The molecule has 4 rings (SSSR count). The van der Waals surface area contributed by atoms with Crippen LogP contribution in [-0.4, -0.2) is 27.5 Å². The molecule has 3 aromatic rings. The molecule has 0 saturated carbocycles. The fourth-order valence-corrected chi connectivity index (χ4v) is 4.23. The van der Waals surface area contributed by atoms with E-state index in [2.05, 4.69) is 0 Å². The van der Waals surface area contributed by atoms with Crippen LogP contribution in [0.2, 0.25) is 5.02 Å².